The molecule has 1 aliphatic heterocycles. The van der Waals surface area contributed by atoms with Gasteiger partial charge in [-0.25, -0.2) is 9.37 Å². The minimum atomic E-state index is -4.75. The number of ether oxygens (including phenoxy) is 1. The van der Waals surface area contributed by atoms with Crippen molar-refractivity contribution in [1.29, 1.82) is 0 Å². The van der Waals surface area contributed by atoms with Crippen LogP contribution in [0.5, 0.6) is 0 Å². The molecule has 0 aliphatic carbocycles. The fourth-order valence-corrected chi connectivity index (χ4v) is 3.69. The smallest absolute Gasteiger partial charge is 0.384 e. The molecule has 1 atom stereocenters. The maximum absolute atomic E-state index is 13.3. The second-order valence-corrected chi connectivity index (χ2v) is 8.34. The van der Waals surface area contributed by atoms with Crippen LogP contribution in [-0.4, -0.2) is 40.5 Å². The number of nitrogen functional groups attached to an aromatic ring is 1. The number of carbonyl (C=O) groups excluding carboxylic acids is 2. The van der Waals surface area contributed by atoms with Crippen LogP contribution in [0.4, 0.5) is 34.8 Å². The zero-order chi connectivity index (χ0) is 26.6. The Labute approximate surface area is 208 Å². The van der Waals surface area contributed by atoms with Crippen LogP contribution in [0.1, 0.15) is 28.0 Å². The van der Waals surface area contributed by atoms with Gasteiger partial charge in [-0.1, -0.05) is 0 Å². The first-order chi connectivity index (χ1) is 17.6. The van der Waals surface area contributed by atoms with Gasteiger partial charge in [-0.2, -0.15) is 13.2 Å². The number of rotatable bonds is 7. The van der Waals surface area contributed by atoms with E-state index in [0.29, 0.717) is 11.8 Å². The highest BCUT2D eigenvalue weighted by Gasteiger charge is 2.43. The first-order valence-corrected chi connectivity index (χ1v) is 11.0. The van der Waals surface area contributed by atoms with Crippen molar-refractivity contribution in [2.24, 2.45) is 0 Å². The molecule has 194 valence electrons. The third-order valence-corrected chi connectivity index (χ3v) is 5.68. The van der Waals surface area contributed by atoms with Gasteiger partial charge in [0.05, 0.1) is 47.5 Å². The molecule has 2 aromatic heterocycles. The van der Waals surface area contributed by atoms with E-state index in [9.17, 15) is 27.2 Å². The van der Waals surface area contributed by atoms with E-state index in [0.717, 1.165) is 12.1 Å². The highest BCUT2D eigenvalue weighted by molar-refractivity contribution is 5.99. The summed E-state index contributed by atoms with van der Waals surface area (Å²) in [4.78, 5) is 33.7. The van der Waals surface area contributed by atoms with Crippen LogP contribution in [0.25, 0.3) is 0 Å². The van der Waals surface area contributed by atoms with Crippen molar-refractivity contribution in [3.05, 3.63) is 77.5 Å². The number of nitrogens with two attached hydrogens (primary N) is 1. The molecule has 0 bridgehead atoms. The number of amides is 2. The lowest BCUT2D eigenvalue weighted by Gasteiger charge is -2.27. The third kappa shape index (κ3) is 6.12. The summed E-state index contributed by atoms with van der Waals surface area (Å²) in [7, 11) is 0. The Balaban J connectivity index is 1.39. The molecule has 0 spiro atoms. The number of anilines is 3. The van der Waals surface area contributed by atoms with Crippen molar-refractivity contribution in [3.8, 4) is 0 Å². The molecule has 0 saturated carbocycles. The molecule has 4 rings (SSSR count). The molecule has 3 aromatic rings. The highest BCUT2D eigenvalue weighted by Crippen LogP contribution is 2.36. The lowest BCUT2D eigenvalue weighted by atomic mass is 9.96. The number of carbonyl (C=O) groups is 2. The van der Waals surface area contributed by atoms with E-state index in [1.807, 2.05) is 0 Å². The third-order valence-electron chi connectivity index (χ3n) is 5.68. The zero-order valence-corrected chi connectivity index (χ0v) is 19.2. The van der Waals surface area contributed by atoms with Gasteiger partial charge in [0, 0.05) is 19.2 Å². The number of halogens is 4. The van der Waals surface area contributed by atoms with Crippen LogP contribution in [-0.2, 0) is 22.3 Å². The summed E-state index contributed by atoms with van der Waals surface area (Å²) in [5.41, 5.74) is 3.65. The van der Waals surface area contributed by atoms with Crippen LogP contribution in [0.2, 0.25) is 0 Å². The van der Waals surface area contributed by atoms with E-state index >= 15 is 0 Å². The molecule has 37 heavy (non-hydrogen) atoms. The van der Waals surface area contributed by atoms with Gasteiger partial charge in [0.15, 0.2) is 0 Å². The molecule has 0 radical (unpaired) electrons. The number of nitrogens with zero attached hydrogens (tertiary/aromatic N) is 2. The van der Waals surface area contributed by atoms with E-state index in [2.05, 4.69) is 25.9 Å². The molecule has 1 aliphatic rings. The van der Waals surface area contributed by atoms with Crippen LogP contribution in [0.15, 0.2) is 54.9 Å². The second-order valence-electron chi connectivity index (χ2n) is 8.34. The van der Waals surface area contributed by atoms with Gasteiger partial charge in [0.25, 0.3) is 5.91 Å². The van der Waals surface area contributed by atoms with Crippen LogP contribution in [0.3, 0.4) is 0 Å². The van der Waals surface area contributed by atoms with Gasteiger partial charge in [-0.05, 0) is 42.5 Å². The summed E-state index contributed by atoms with van der Waals surface area (Å²) in [5, 5.41) is 8.00. The van der Waals surface area contributed by atoms with Crippen molar-refractivity contribution in [3.63, 3.8) is 0 Å². The van der Waals surface area contributed by atoms with Crippen molar-refractivity contribution >= 4 is 29.0 Å². The number of nitrogens with one attached hydrogen (secondary N) is 3. The largest absolute Gasteiger partial charge is 0.418 e. The highest BCUT2D eigenvalue weighted by atomic mass is 19.4. The Bertz CT molecular complexity index is 1280. The SMILES string of the molecule is Nc1ccc(C(=O)NC2(C(=O)NCc3ccc(Nc4ccc(F)cc4C(F)(F)F)cn3)CCOC2)cn1. The lowest BCUT2D eigenvalue weighted by molar-refractivity contribution is -0.137. The molecular formula is C24H22F4N6O3. The van der Waals surface area contributed by atoms with Gasteiger partial charge < -0.3 is 26.4 Å². The quantitative estimate of drug-likeness (QED) is 0.354. The van der Waals surface area contributed by atoms with Gasteiger partial charge >= 0.3 is 6.18 Å². The summed E-state index contributed by atoms with van der Waals surface area (Å²) in [6.07, 6.45) is -1.91. The number of hydrogen-bond acceptors (Lipinski definition) is 7. The Kier molecular flexibility index (Phi) is 7.25. The minimum absolute atomic E-state index is 0.00942. The zero-order valence-electron chi connectivity index (χ0n) is 19.2. The first-order valence-electron chi connectivity index (χ1n) is 11.0. The van der Waals surface area contributed by atoms with Crippen molar-refractivity contribution in [2.45, 2.75) is 24.7 Å². The first kappa shape index (κ1) is 25.8. The molecule has 1 unspecified atom stereocenters. The number of aromatic nitrogens is 2. The monoisotopic (exact) mass is 518 g/mol. The molecule has 13 heteroatoms. The van der Waals surface area contributed by atoms with E-state index in [-0.39, 0.29) is 48.9 Å². The van der Waals surface area contributed by atoms with Crippen molar-refractivity contribution < 1.29 is 31.9 Å². The summed E-state index contributed by atoms with van der Waals surface area (Å²) >= 11 is 0. The molecule has 5 N–H and O–H groups in total. The molecular weight excluding hydrogens is 496 g/mol. The fourth-order valence-electron chi connectivity index (χ4n) is 3.69. The van der Waals surface area contributed by atoms with Gasteiger partial charge in [-0.15, -0.1) is 0 Å². The molecule has 1 fully saturated rings. The fraction of sp³-hybridized carbons (Fsp3) is 0.250. The topological polar surface area (TPSA) is 131 Å². The number of benzene rings is 1. The standard InChI is InChI=1S/C24H22F4N6O3/c25-15-2-5-19(18(9-15)24(26,27)28)33-17-4-3-16(30-12-17)11-32-22(36)23(7-8-37-13-23)34-21(35)14-1-6-20(29)31-10-14/h1-6,9-10,12,33H,7-8,11,13H2,(H2,29,31)(H,32,36)(H,34,35). The number of pyridine rings is 2. The Morgan fingerprint density at radius 2 is 1.89 bits per heavy atom. The van der Waals surface area contributed by atoms with Crippen LogP contribution < -0.4 is 21.7 Å². The van der Waals surface area contributed by atoms with Crippen molar-refractivity contribution in [2.75, 3.05) is 24.3 Å². The Hall–Kier alpha value is -4.26. The number of hydrogen-bond donors (Lipinski definition) is 4. The van der Waals surface area contributed by atoms with E-state index in [1.165, 1.54) is 36.7 Å². The summed E-state index contributed by atoms with van der Waals surface area (Å²) < 4.78 is 58.3. The Morgan fingerprint density at radius 3 is 2.51 bits per heavy atom. The molecule has 1 aromatic carbocycles. The number of alkyl halides is 3. The van der Waals surface area contributed by atoms with Crippen LogP contribution in [0, 0.1) is 5.82 Å². The molecule has 9 nitrogen and oxygen atoms in total. The maximum Gasteiger partial charge on any atom is 0.418 e. The van der Waals surface area contributed by atoms with E-state index in [1.54, 1.807) is 0 Å². The summed E-state index contributed by atoms with van der Waals surface area (Å²) in [6, 6.07) is 8.26. The predicted octanol–water partition coefficient (Wildman–Crippen LogP) is 3.17. The van der Waals surface area contributed by atoms with Crippen molar-refractivity contribution in [1.82, 2.24) is 20.6 Å². The summed E-state index contributed by atoms with van der Waals surface area (Å²) in [6.45, 7) is 0.239. The molecule has 2 amide bonds. The maximum atomic E-state index is 13.3. The normalized spacial score (nSPS) is 17.3. The van der Waals surface area contributed by atoms with Crippen LogP contribution >= 0.6 is 0 Å². The minimum Gasteiger partial charge on any atom is -0.384 e. The van der Waals surface area contributed by atoms with Gasteiger partial charge in [0.2, 0.25) is 5.91 Å². The second kappa shape index (κ2) is 10.4. The van der Waals surface area contributed by atoms with E-state index in [4.69, 9.17) is 10.5 Å². The van der Waals surface area contributed by atoms with E-state index < -0.39 is 34.9 Å². The summed E-state index contributed by atoms with van der Waals surface area (Å²) in [5.74, 6) is -1.75. The average molecular weight is 518 g/mol. The van der Waals surface area contributed by atoms with Gasteiger partial charge in [0.1, 0.15) is 17.2 Å². The predicted molar refractivity (Wildman–Crippen MR) is 125 cm³/mol. The molecule has 3 heterocycles. The Morgan fingerprint density at radius 1 is 1.08 bits per heavy atom. The molecule has 1 saturated heterocycles. The lowest BCUT2D eigenvalue weighted by Crippen LogP contribution is -2.59. The average Bonchev–Trinajstić information content (AvgIpc) is 3.34. The van der Waals surface area contributed by atoms with Gasteiger partial charge in [-0.3, -0.25) is 14.6 Å².